The Morgan fingerprint density at radius 2 is 2.26 bits per heavy atom. The van der Waals surface area contributed by atoms with Crippen molar-refractivity contribution in [2.45, 2.75) is 26.8 Å². The molecule has 1 heterocycles. The second-order valence-corrected chi connectivity index (χ2v) is 5.67. The molecule has 0 radical (unpaired) electrons. The van der Waals surface area contributed by atoms with E-state index in [-0.39, 0.29) is 11.2 Å². The number of nitrogens with zero attached hydrogens (tertiary/aromatic N) is 1. The minimum Gasteiger partial charge on any atom is -0.491 e. The zero-order valence-electron chi connectivity index (χ0n) is 11.8. The van der Waals surface area contributed by atoms with E-state index in [1.165, 1.54) is 0 Å². The van der Waals surface area contributed by atoms with Gasteiger partial charge in [0.1, 0.15) is 0 Å². The highest BCUT2D eigenvalue weighted by molar-refractivity contribution is 5.29. The van der Waals surface area contributed by atoms with Crippen LogP contribution in [0.5, 0.6) is 5.75 Å². The van der Waals surface area contributed by atoms with Crippen molar-refractivity contribution in [2.24, 2.45) is 11.1 Å². The van der Waals surface area contributed by atoms with Crippen LogP contribution in [0, 0.1) is 11.2 Å². The van der Waals surface area contributed by atoms with Crippen molar-refractivity contribution in [3.05, 3.63) is 29.6 Å². The van der Waals surface area contributed by atoms with Crippen molar-refractivity contribution in [1.29, 1.82) is 0 Å². The van der Waals surface area contributed by atoms with Gasteiger partial charge in [-0.15, -0.1) is 0 Å². The van der Waals surface area contributed by atoms with Gasteiger partial charge in [-0.1, -0.05) is 13.0 Å². The fourth-order valence-electron chi connectivity index (χ4n) is 2.60. The van der Waals surface area contributed by atoms with Crippen LogP contribution in [0.25, 0.3) is 0 Å². The maximum Gasteiger partial charge on any atom is 0.165 e. The zero-order valence-corrected chi connectivity index (χ0v) is 11.8. The average Bonchev–Trinajstić information content (AvgIpc) is 2.75. The Kier molecular flexibility index (Phi) is 4.42. The molecule has 0 saturated carbocycles. The van der Waals surface area contributed by atoms with Crippen LogP contribution in [0.2, 0.25) is 0 Å². The lowest BCUT2D eigenvalue weighted by atomic mass is 9.90. The summed E-state index contributed by atoms with van der Waals surface area (Å²) in [5.74, 6) is 0.0552. The number of halogens is 1. The Morgan fingerprint density at radius 1 is 1.47 bits per heavy atom. The molecule has 1 atom stereocenters. The van der Waals surface area contributed by atoms with Gasteiger partial charge in [0.05, 0.1) is 6.61 Å². The summed E-state index contributed by atoms with van der Waals surface area (Å²) in [6.07, 6.45) is 1.11. The smallest absolute Gasteiger partial charge is 0.165 e. The number of hydrogen-bond acceptors (Lipinski definition) is 3. The third-order valence-electron chi connectivity index (χ3n) is 3.83. The molecule has 0 aromatic heterocycles. The molecule has 106 valence electrons. The van der Waals surface area contributed by atoms with E-state index in [1.54, 1.807) is 12.1 Å². The molecular formula is C15H23FN2O. The molecule has 4 heteroatoms. The first-order chi connectivity index (χ1) is 9.06. The SMILES string of the molecule is CCOc1ccc(CN2CCC(C)(CN)C2)cc1F. The van der Waals surface area contributed by atoms with Crippen LogP contribution in [0.1, 0.15) is 25.8 Å². The molecule has 1 fully saturated rings. The van der Waals surface area contributed by atoms with Crippen LogP contribution in [0.4, 0.5) is 4.39 Å². The molecule has 1 aromatic rings. The fraction of sp³-hybridized carbons (Fsp3) is 0.600. The molecule has 0 bridgehead atoms. The van der Waals surface area contributed by atoms with Gasteiger partial charge in [-0.25, -0.2) is 4.39 Å². The van der Waals surface area contributed by atoms with Gasteiger partial charge in [-0.3, -0.25) is 4.90 Å². The van der Waals surface area contributed by atoms with Crippen LogP contribution in [0.15, 0.2) is 18.2 Å². The maximum atomic E-state index is 13.8. The highest BCUT2D eigenvalue weighted by Gasteiger charge is 2.32. The van der Waals surface area contributed by atoms with Crippen molar-refractivity contribution >= 4 is 0 Å². The van der Waals surface area contributed by atoms with E-state index in [2.05, 4.69) is 11.8 Å². The summed E-state index contributed by atoms with van der Waals surface area (Å²) in [6.45, 7) is 8.05. The Morgan fingerprint density at radius 3 is 2.84 bits per heavy atom. The minimum atomic E-state index is -0.278. The lowest BCUT2D eigenvalue weighted by Crippen LogP contribution is -2.31. The normalized spacial score (nSPS) is 23.8. The second-order valence-electron chi connectivity index (χ2n) is 5.67. The average molecular weight is 266 g/mol. The van der Waals surface area contributed by atoms with Gasteiger partial charge in [0, 0.05) is 13.1 Å². The third-order valence-corrected chi connectivity index (χ3v) is 3.83. The molecule has 1 unspecified atom stereocenters. The number of likely N-dealkylation sites (tertiary alicyclic amines) is 1. The first kappa shape index (κ1) is 14.3. The molecule has 1 aliphatic rings. The molecular weight excluding hydrogens is 243 g/mol. The number of rotatable bonds is 5. The minimum absolute atomic E-state index is 0.212. The third kappa shape index (κ3) is 3.45. The second kappa shape index (κ2) is 5.88. The highest BCUT2D eigenvalue weighted by Crippen LogP contribution is 2.30. The highest BCUT2D eigenvalue weighted by atomic mass is 19.1. The predicted molar refractivity (Wildman–Crippen MR) is 74.6 cm³/mol. The van der Waals surface area contributed by atoms with Crippen molar-refractivity contribution in [3.63, 3.8) is 0 Å². The summed E-state index contributed by atoms with van der Waals surface area (Å²) in [7, 11) is 0. The van der Waals surface area contributed by atoms with Gasteiger partial charge < -0.3 is 10.5 Å². The molecule has 1 saturated heterocycles. The molecule has 3 nitrogen and oxygen atoms in total. The summed E-state index contributed by atoms with van der Waals surface area (Å²) in [6, 6.07) is 5.22. The van der Waals surface area contributed by atoms with E-state index >= 15 is 0 Å². The van der Waals surface area contributed by atoms with E-state index in [0.717, 1.165) is 31.6 Å². The standard InChI is InChI=1S/C15H23FN2O/c1-3-19-14-5-4-12(8-13(14)16)9-18-7-6-15(2,10-17)11-18/h4-5,8H,3,6-7,9-11,17H2,1-2H3. The van der Waals surface area contributed by atoms with E-state index in [4.69, 9.17) is 10.5 Å². The van der Waals surface area contributed by atoms with Crippen molar-refractivity contribution < 1.29 is 9.13 Å². The van der Waals surface area contributed by atoms with Crippen molar-refractivity contribution in [1.82, 2.24) is 4.90 Å². The maximum absolute atomic E-state index is 13.8. The number of ether oxygens (including phenoxy) is 1. The number of hydrogen-bond donors (Lipinski definition) is 1. The monoisotopic (exact) mass is 266 g/mol. The number of benzene rings is 1. The van der Waals surface area contributed by atoms with Gasteiger partial charge in [-0.05, 0) is 49.5 Å². The topological polar surface area (TPSA) is 38.5 Å². The Labute approximate surface area is 114 Å². The van der Waals surface area contributed by atoms with E-state index in [9.17, 15) is 4.39 Å². The molecule has 1 aliphatic heterocycles. The summed E-state index contributed by atoms with van der Waals surface area (Å²) >= 11 is 0. The Hall–Kier alpha value is -1.13. The summed E-state index contributed by atoms with van der Waals surface area (Å²) < 4.78 is 19.0. The largest absolute Gasteiger partial charge is 0.491 e. The van der Waals surface area contributed by atoms with E-state index < -0.39 is 0 Å². The molecule has 0 spiro atoms. The van der Waals surface area contributed by atoms with Crippen LogP contribution in [-0.4, -0.2) is 31.1 Å². The van der Waals surface area contributed by atoms with Crippen LogP contribution < -0.4 is 10.5 Å². The van der Waals surface area contributed by atoms with Gasteiger partial charge in [0.2, 0.25) is 0 Å². The van der Waals surface area contributed by atoms with Gasteiger partial charge in [0.25, 0.3) is 0 Å². The first-order valence-electron chi connectivity index (χ1n) is 6.90. The summed E-state index contributed by atoms with van der Waals surface area (Å²) in [5, 5.41) is 0. The zero-order chi connectivity index (χ0) is 13.9. The lowest BCUT2D eigenvalue weighted by Gasteiger charge is -2.22. The van der Waals surface area contributed by atoms with Gasteiger partial charge >= 0.3 is 0 Å². The quantitative estimate of drug-likeness (QED) is 0.889. The summed E-state index contributed by atoms with van der Waals surface area (Å²) in [4.78, 5) is 2.34. The molecule has 1 aromatic carbocycles. The van der Waals surface area contributed by atoms with Gasteiger partial charge in [0.15, 0.2) is 11.6 Å². The fourth-order valence-corrected chi connectivity index (χ4v) is 2.60. The van der Waals surface area contributed by atoms with Crippen molar-refractivity contribution in [2.75, 3.05) is 26.2 Å². The van der Waals surface area contributed by atoms with E-state index in [1.807, 2.05) is 13.0 Å². The van der Waals surface area contributed by atoms with Gasteiger partial charge in [-0.2, -0.15) is 0 Å². The van der Waals surface area contributed by atoms with E-state index in [0.29, 0.717) is 18.9 Å². The number of nitrogens with two attached hydrogens (primary N) is 1. The lowest BCUT2D eigenvalue weighted by molar-refractivity contribution is 0.273. The predicted octanol–water partition coefficient (Wildman–Crippen LogP) is 2.40. The van der Waals surface area contributed by atoms with Crippen LogP contribution >= 0.6 is 0 Å². The van der Waals surface area contributed by atoms with Crippen LogP contribution in [0.3, 0.4) is 0 Å². The van der Waals surface area contributed by atoms with Crippen molar-refractivity contribution in [3.8, 4) is 5.75 Å². The molecule has 0 amide bonds. The Bertz CT molecular complexity index is 438. The Balaban J connectivity index is 1.99. The first-order valence-corrected chi connectivity index (χ1v) is 6.90. The molecule has 0 aliphatic carbocycles. The summed E-state index contributed by atoms with van der Waals surface area (Å²) in [5.41, 5.74) is 7.00. The van der Waals surface area contributed by atoms with Crippen LogP contribution in [-0.2, 0) is 6.54 Å². The molecule has 2 N–H and O–H groups in total. The molecule has 19 heavy (non-hydrogen) atoms. The molecule has 2 rings (SSSR count).